The number of nitrogens with zero attached hydrogens (tertiary/aromatic N) is 4. The van der Waals surface area contributed by atoms with Crippen molar-refractivity contribution in [3.63, 3.8) is 0 Å². The Hall–Kier alpha value is -7.49. The number of benzene rings is 1. The minimum Gasteiger partial charge on any atom is -0.507 e. The monoisotopic (exact) mass is 1090 g/mol. The number of hydrogen-bond donors (Lipinski definition) is 5. The number of ether oxygens (including phenoxy) is 4. The number of pyridine rings is 2. The molecule has 7 heterocycles. The summed E-state index contributed by atoms with van der Waals surface area (Å²) >= 11 is 0. The van der Waals surface area contributed by atoms with Crippen LogP contribution in [-0.4, -0.2) is 135 Å². The Balaban J connectivity index is 1.06. The van der Waals surface area contributed by atoms with E-state index in [0.717, 1.165) is 35.9 Å². The second-order valence-corrected chi connectivity index (χ2v) is 22.2. The molecule has 0 spiro atoms. The number of fused-ring (bicyclic) bond motifs is 16. The Kier molecular flexibility index (Phi) is 15.2. The van der Waals surface area contributed by atoms with E-state index in [1.807, 2.05) is 4.90 Å². The molecule has 420 valence electrons. The summed E-state index contributed by atoms with van der Waals surface area (Å²) in [5, 5.41) is 53.6. The molecule has 21 heteroatoms. The predicted octanol–water partition coefficient (Wildman–Crippen LogP) is 5.69. The number of carbonyl (C=O) groups is 6. The highest BCUT2D eigenvalue weighted by atomic mass is 19.1. The average molecular weight is 1090 g/mol. The van der Waals surface area contributed by atoms with Crippen LogP contribution in [0.2, 0.25) is 0 Å². The number of Topliss-reactive ketones (excluding diaryl/α,β-unsaturated/α-hetero) is 3. The Labute approximate surface area is 454 Å². The molecule has 1 saturated carbocycles. The quantitative estimate of drug-likeness (QED) is 0.140. The number of aryl methyl sites for hydroxylation is 1. The zero-order chi connectivity index (χ0) is 57.4. The van der Waals surface area contributed by atoms with Gasteiger partial charge in [-0.15, -0.1) is 0 Å². The number of amides is 1. The van der Waals surface area contributed by atoms with Crippen LogP contribution in [0.5, 0.6) is 11.5 Å². The number of ketones is 3. The molecule has 20 nitrogen and oxygen atoms in total. The maximum atomic E-state index is 16.2. The second kappa shape index (κ2) is 21.3. The third kappa shape index (κ3) is 9.94. The maximum absolute atomic E-state index is 16.2. The van der Waals surface area contributed by atoms with Gasteiger partial charge < -0.3 is 49.6 Å². The molecule has 5 bridgehead atoms. The number of nitrogens with one attached hydrogen (secondary N) is 1. The van der Waals surface area contributed by atoms with Crippen molar-refractivity contribution in [1.82, 2.24) is 14.7 Å². The topological polar surface area (TPSA) is 273 Å². The molecule has 2 aromatic heterocycles. The Morgan fingerprint density at radius 1 is 0.899 bits per heavy atom. The summed E-state index contributed by atoms with van der Waals surface area (Å²) in [4.78, 5) is 98.4. The van der Waals surface area contributed by atoms with E-state index in [1.54, 1.807) is 45.7 Å². The van der Waals surface area contributed by atoms with Gasteiger partial charge in [-0.05, 0) is 62.8 Å². The summed E-state index contributed by atoms with van der Waals surface area (Å²) in [6.45, 7) is 15.3. The van der Waals surface area contributed by atoms with Crippen molar-refractivity contribution < 1.29 is 72.5 Å². The summed E-state index contributed by atoms with van der Waals surface area (Å²) in [6, 6.07) is 1.41. The number of methoxy groups -OCH3 is 1. The number of anilines is 1. The number of carboxylic acids is 1. The summed E-state index contributed by atoms with van der Waals surface area (Å²) in [5.41, 5.74) is -1.58. The number of phenols is 1. The van der Waals surface area contributed by atoms with Crippen LogP contribution < -0.4 is 20.5 Å². The van der Waals surface area contributed by atoms with Crippen molar-refractivity contribution in [3.05, 3.63) is 115 Å². The van der Waals surface area contributed by atoms with E-state index in [0.29, 0.717) is 48.5 Å². The number of hydrazone groups is 1. The number of carboxylic acid groups (broad SMARTS) is 1. The van der Waals surface area contributed by atoms with E-state index in [4.69, 9.17) is 18.9 Å². The van der Waals surface area contributed by atoms with E-state index in [1.165, 1.54) is 59.1 Å². The van der Waals surface area contributed by atoms with Gasteiger partial charge >= 0.3 is 17.7 Å². The predicted molar refractivity (Wildman–Crippen MR) is 285 cm³/mol. The highest BCUT2D eigenvalue weighted by Gasteiger charge is 2.53. The first-order valence-electron chi connectivity index (χ1n) is 26.5. The standard InChI is InChI=1S/C58H66FN5O15/c1-25-12-11-13-26(2)55(72)61-44-38(19-60-63-22-34-20-62(21-35(34)23-63)46-28(4)45-36(33-14-15-33)18-37(57(74)75)56(73)64(45)24-39(46)59)50(69)41-42(51(44)70)49(68)31(7)53-43(41)54(71)58(9,79-53)77-17-16-40(76-10)27(3)52(78-32(8)65)30(6)48(67)29(5)47(25)66/h11-13,16-19,24-25,27,29-30,33-35,40,47-48,52,66-68H,14-15,20-23H2,1-10H3,(H,61,72)(H,74,75)/b12-11+,17-16+,26-13-,60-19-/t25-,27-,29-,30-,34?,35?,40+,47+,48+,52-,58+/m1/s1. The van der Waals surface area contributed by atoms with Crippen molar-refractivity contribution in [1.29, 1.82) is 0 Å². The number of allylic oxidation sites excluding steroid dienone is 4. The minimum atomic E-state index is -2.18. The summed E-state index contributed by atoms with van der Waals surface area (Å²) in [5.74, 6) is -12.2. The van der Waals surface area contributed by atoms with Crippen LogP contribution in [0, 0.1) is 55.2 Å². The molecule has 7 aliphatic rings. The fraction of sp³-hybridized carbons (Fsp3) is 0.483. The molecule has 5 N–H and O–H groups in total. The summed E-state index contributed by atoms with van der Waals surface area (Å²) in [6.07, 6.45) is 6.86. The SMILES string of the molecule is CO[C@H]1/C=C/O[C@@]2(C)Oc3c(C)c(O)c4c(c3C2=O)C(=O)C(/C=N\N2CC3CN(c5c(F)cn6c(=O)c(C(=O)O)cc(C7CC7)c6c5C)CC3C2)=C(NC(=O)/C(C)=C\C=C\[C@@H](C)[C@H](O)[C@@H](C)[C@H](O)[C@@H](C)[C@H](OC(C)=O)[C@@H]1C)C4=O. The van der Waals surface area contributed by atoms with Crippen LogP contribution >= 0.6 is 0 Å². The number of esters is 1. The fourth-order valence-corrected chi connectivity index (χ4v) is 12.1. The third-order valence-corrected chi connectivity index (χ3v) is 16.8. The first-order chi connectivity index (χ1) is 37.3. The lowest BCUT2D eigenvalue weighted by atomic mass is 9.78. The second-order valence-electron chi connectivity index (χ2n) is 22.2. The van der Waals surface area contributed by atoms with Gasteiger partial charge in [0.25, 0.3) is 17.2 Å². The summed E-state index contributed by atoms with van der Waals surface area (Å²) < 4.78 is 41.0. The number of rotatable bonds is 7. The Bertz CT molecular complexity index is 3320. The van der Waals surface area contributed by atoms with Crippen LogP contribution in [0.1, 0.15) is 125 Å². The molecule has 3 fully saturated rings. The molecular formula is C58H66FN5O15. The van der Waals surface area contributed by atoms with Gasteiger partial charge in [-0.3, -0.25) is 38.2 Å². The highest BCUT2D eigenvalue weighted by molar-refractivity contribution is 6.37. The lowest BCUT2D eigenvalue weighted by Gasteiger charge is -2.38. The molecule has 2 unspecified atom stereocenters. The molecule has 2 aliphatic carbocycles. The van der Waals surface area contributed by atoms with Crippen molar-refractivity contribution >= 4 is 52.6 Å². The number of carbonyl (C=O) groups excluding carboxylic acids is 5. The van der Waals surface area contributed by atoms with Gasteiger partial charge in [0.2, 0.25) is 5.78 Å². The third-order valence-electron chi connectivity index (χ3n) is 16.8. The number of halogens is 1. The molecule has 11 atom stereocenters. The first kappa shape index (κ1) is 56.2. The highest BCUT2D eigenvalue weighted by Crippen LogP contribution is 2.49. The number of aromatic carboxylic acids is 1. The molecule has 0 radical (unpaired) electrons. The Morgan fingerprint density at radius 2 is 1.57 bits per heavy atom. The van der Waals surface area contributed by atoms with Gasteiger partial charge in [-0.25, -0.2) is 9.18 Å². The van der Waals surface area contributed by atoms with Crippen molar-refractivity contribution in [2.24, 2.45) is 40.6 Å². The smallest absolute Gasteiger partial charge is 0.341 e. The van der Waals surface area contributed by atoms with Crippen molar-refractivity contribution in [3.8, 4) is 11.5 Å². The van der Waals surface area contributed by atoms with Crippen LogP contribution in [0.15, 0.2) is 69.6 Å². The summed E-state index contributed by atoms with van der Waals surface area (Å²) in [7, 11) is 1.40. The van der Waals surface area contributed by atoms with Crippen LogP contribution in [0.25, 0.3) is 5.52 Å². The molecule has 1 amide bonds. The number of aromatic nitrogens is 1. The molecule has 10 rings (SSSR count). The molecule has 1 aromatic carbocycles. The normalized spacial score (nSPS) is 31.0. The lowest BCUT2D eigenvalue weighted by molar-refractivity contribution is -0.160. The van der Waals surface area contributed by atoms with Gasteiger partial charge in [-0.2, -0.15) is 5.10 Å². The van der Waals surface area contributed by atoms with E-state index in [-0.39, 0.29) is 40.2 Å². The molecule has 2 saturated heterocycles. The van der Waals surface area contributed by atoms with Gasteiger partial charge in [0, 0.05) is 93.8 Å². The molecular weight excluding hydrogens is 1030 g/mol. The van der Waals surface area contributed by atoms with Gasteiger partial charge in [0.05, 0.1) is 70.5 Å². The molecule has 79 heavy (non-hydrogen) atoms. The fourth-order valence-electron chi connectivity index (χ4n) is 12.1. The zero-order valence-electron chi connectivity index (χ0n) is 45.7. The molecule has 3 aromatic rings. The number of aromatic hydroxyl groups is 1. The van der Waals surface area contributed by atoms with Crippen molar-refractivity contribution in [2.75, 3.05) is 38.2 Å². The van der Waals surface area contributed by atoms with E-state index >= 15 is 9.18 Å². The maximum Gasteiger partial charge on any atom is 0.341 e. The largest absolute Gasteiger partial charge is 0.507 e. The zero-order valence-corrected chi connectivity index (χ0v) is 45.7. The lowest BCUT2D eigenvalue weighted by Crippen LogP contribution is -2.46. The molecule has 5 aliphatic heterocycles. The van der Waals surface area contributed by atoms with Crippen LogP contribution in [0.4, 0.5) is 10.1 Å². The van der Waals surface area contributed by atoms with Crippen LogP contribution in [-0.2, 0) is 23.8 Å². The number of aliphatic hydroxyl groups excluding tert-OH is 2. The Morgan fingerprint density at radius 3 is 2.19 bits per heavy atom. The first-order valence-corrected chi connectivity index (χ1v) is 26.5. The van der Waals surface area contributed by atoms with Gasteiger partial charge in [0.15, 0.2) is 11.6 Å². The van der Waals surface area contributed by atoms with E-state index in [9.17, 15) is 49.2 Å². The average Bonchev–Trinajstić information content (AvgIpc) is 4.26. The minimum absolute atomic E-state index is 0.0469. The van der Waals surface area contributed by atoms with Crippen LogP contribution in [0.3, 0.4) is 0 Å². The van der Waals surface area contributed by atoms with E-state index < -0.39 is 134 Å². The number of hydrogen-bond acceptors (Lipinski definition) is 17. The van der Waals surface area contributed by atoms with Gasteiger partial charge in [-0.1, -0.05) is 45.9 Å². The van der Waals surface area contributed by atoms with E-state index in [2.05, 4.69) is 10.4 Å². The number of phenolic OH excluding ortho intramolecular Hbond substituents is 1. The van der Waals surface area contributed by atoms with Gasteiger partial charge in [0.1, 0.15) is 28.9 Å². The van der Waals surface area contributed by atoms with Crippen molar-refractivity contribution in [2.45, 2.75) is 111 Å². The number of aliphatic hydroxyl groups is 2.